The molecule has 0 aliphatic rings. The van der Waals surface area contributed by atoms with Crippen LogP contribution in [-0.2, 0) is 0 Å². The van der Waals surface area contributed by atoms with Crippen molar-refractivity contribution in [1.29, 1.82) is 0 Å². The number of hydrogen-bond acceptors (Lipinski definition) is 0. The second-order valence-electron chi connectivity index (χ2n) is 1.90. The smallest absolute Gasteiger partial charge is 0.140 e. The van der Waals surface area contributed by atoms with Crippen LogP contribution in [0.5, 0.6) is 0 Å². The highest BCUT2D eigenvalue weighted by molar-refractivity contribution is 9.10. The summed E-state index contributed by atoms with van der Waals surface area (Å²) in [5.74, 6) is -1.19. The number of hydrogen-bond donors (Lipinski definition) is 0. The number of aryl methyl sites for hydroxylation is 1. The first-order valence-corrected chi connectivity index (χ1v) is 3.44. The van der Waals surface area contributed by atoms with Crippen molar-refractivity contribution in [2.24, 2.45) is 0 Å². The molecule has 0 saturated carbocycles. The van der Waals surface area contributed by atoms with Gasteiger partial charge in [0.15, 0.2) is 0 Å². The van der Waals surface area contributed by atoms with E-state index in [1.165, 1.54) is 6.92 Å². The minimum Gasteiger partial charge on any atom is -0.207 e. The Morgan fingerprint density at radius 2 is 2.00 bits per heavy atom. The average molecular weight is 206 g/mol. The fraction of sp³-hybridized carbons (Fsp3) is 0.143. The molecule has 0 atom stereocenters. The summed E-state index contributed by atoms with van der Waals surface area (Å²) in [6.07, 6.45) is 0. The number of rotatable bonds is 0. The van der Waals surface area contributed by atoms with E-state index in [0.717, 1.165) is 6.07 Å². The summed E-state index contributed by atoms with van der Waals surface area (Å²) < 4.78 is 25.1. The number of halogens is 3. The summed E-state index contributed by atoms with van der Waals surface area (Å²) >= 11 is 2.88. The molecule has 0 fully saturated rings. The molecular formula is C7H4BrF2. The second kappa shape index (κ2) is 2.66. The Morgan fingerprint density at radius 1 is 1.40 bits per heavy atom. The maximum atomic E-state index is 12.5. The highest BCUT2D eigenvalue weighted by Gasteiger charge is 2.03. The molecule has 0 unspecified atom stereocenters. The summed E-state index contributed by atoms with van der Waals surface area (Å²) in [4.78, 5) is 0. The first kappa shape index (κ1) is 7.66. The molecule has 0 amide bonds. The first-order chi connectivity index (χ1) is 4.61. The molecule has 1 radical (unpaired) electrons. The van der Waals surface area contributed by atoms with Crippen molar-refractivity contribution in [3.05, 3.63) is 33.8 Å². The van der Waals surface area contributed by atoms with Crippen molar-refractivity contribution in [2.75, 3.05) is 0 Å². The Hall–Kier alpha value is -0.440. The third-order valence-corrected chi connectivity index (χ3v) is 1.70. The van der Waals surface area contributed by atoms with E-state index < -0.39 is 11.6 Å². The summed E-state index contributed by atoms with van der Waals surface area (Å²) in [5.41, 5.74) is 0.313. The zero-order valence-corrected chi connectivity index (χ0v) is 6.80. The molecule has 0 aliphatic heterocycles. The van der Waals surface area contributed by atoms with E-state index in [1.54, 1.807) is 0 Å². The first-order valence-electron chi connectivity index (χ1n) is 2.64. The molecule has 0 bridgehead atoms. The van der Waals surface area contributed by atoms with Gasteiger partial charge in [-0.3, -0.25) is 0 Å². The molecule has 1 aromatic rings. The molecule has 0 spiro atoms. The topological polar surface area (TPSA) is 0 Å². The fourth-order valence-electron chi connectivity index (χ4n) is 0.567. The van der Waals surface area contributed by atoms with Crippen molar-refractivity contribution >= 4 is 15.9 Å². The van der Waals surface area contributed by atoms with Gasteiger partial charge in [-0.05, 0) is 28.4 Å². The molecule has 10 heavy (non-hydrogen) atoms. The zero-order chi connectivity index (χ0) is 7.72. The van der Waals surface area contributed by atoms with Crippen LogP contribution in [0.4, 0.5) is 8.78 Å². The second-order valence-corrected chi connectivity index (χ2v) is 2.70. The van der Waals surface area contributed by atoms with Gasteiger partial charge in [0.25, 0.3) is 0 Å². The summed E-state index contributed by atoms with van der Waals surface area (Å²) in [5, 5.41) is 0. The van der Waals surface area contributed by atoms with Crippen LogP contribution in [0, 0.1) is 24.6 Å². The lowest BCUT2D eigenvalue weighted by molar-refractivity contribution is 0.572. The molecule has 0 nitrogen and oxygen atoms in total. The van der Waals surface area contributed by atoms with Gasteiger partial charge >= 0.3 is 0 Å². The molecule has 1 aromatic carbocycles. The lowest BCUT2D eigenvalue weighted by atomic mass is 10.2. The van der Waals surface area contributed by atoms with E-state index in [2.05, 4.69) is 22.0 Å². The Morgan fingerprint density at radius 3 is 2.50 bits per heavy atom. The number of benzene rings is 1. The molecule has 0 aliphatic carbocycles. The summed E-state index contributed by atoms with van der Waals surface area (Å²) in [6, 6.07) is 3.30. The van der Waals surface area contributed by atoms with E-state index >= 15 is 0 Å². The predicted octanol–water partition coefficient (Wildman–Crippen LogP) is 2.84. The van der Waals surface area contributed by atoms with Gasteiger partial charge in [0.1, 0.15) is 11.6 Å². The molecule has 53 valence electrons. The van der Waals surface area contributed by atoms with Gasteiger partial charge in [0, 0.05) is 12.1 Å². The van der Waals surface area contributed by atoms with Crippen LogP contribution in [0.15, 0.2) is 10.5 Å². The maximum Gasteiger partial charge on any atom is 0.140 e. The SMILES string of the molecule is Cc1[c]c(Br)c(F)cc1F. The molecule has 0 aromatic heterocycles. The van der Waals surface area contributed by atoms with Crippen molar-refractivity contribution in [1.82, 2.24) is 0 Å². The van der Waals surface area contributed by atoms with Crippen molar-refractivity contribution in [3.63, 3.8) is 0 Å². The van der Waals surface area contributed by atoms with Crippen LogP contribution in [0.1, 0.15) is 5.56 Å². The van der Waals surface area contributed by atoms with E-state index in [9.17, 15) is 8.78 Å². The van der Waals surface area contributed by atoms with Gasteiger partial charge in [-0.25, -0.2) is 8.78 Å². The summed E-state index contributed by atoms with van der Waals surface area (Å²) in [7, 11) is 0. The Kier molecular flexibility index (Phi) is 2.04. The third kappa shape index (κ3) is 1.34. The van der Waals surface area contributed by atoms with Crippen LogP contribution < -0.4 is 0 Å². The minimum absolute atomic E-state index is 0.173. The molecule has 0 N–H and O–H groups in total. The largest absolute Gasteiger partial charge is 0.207 e. The third-order valence-electron chi connectivity index (χ3n) is 1.12. The Labute approximate surface area is 66.0 Å². The summed E-state index contributed by atoms with van der Waals surface area (Å²) in [6.45, 7) is 1.53. The van der Waals surface area contributed by atoms with Crippen molar-refractivity contribution in [2.45, 2.75) is 6.92 Å². The highest BCUT2D eigenvalue weighted by Crippen LogP contribution is 2.17. The molecule has 0 heterocycles. The average Bonchev–Trinajstić information content (AvgIpc) is 1.84. The lowest BCUT2D eigenvalue weighted by Gasteiger charge is -1.96. The molecule has 3 heteroatoms. The predicted molar refractivity (Wildman–Crippen MR) is 37.6 cm³/mol. The standard InChI is InChI=1S/C7H4BrF2/c1-4-2-5(8)7(10)3-6(4)9/h3H,1H3. The van der Waals surface area contributed by atoms with Crippen LogP contribution in [0.25, 0.3) is 0 Å². The van der Waals surface area contributed by atoms with Gasteiger partial charge in [-0.1, -0.05) is 0 Å². The minimum atomic E-state index is -0.622. The normalized spacial score (nSPS) is 10.0. The van der Waals surface area contributed by atoms with Gasteiger partial charge in [-0.2, -0.15) is 0 Å². The van der Waals surface area contributed by atoms with Crippen molar-refractivity contribution in [3.8, 4) is 0 Å². The van der Waals surface area contributed by atoms with E-state index in [1.807, 2.05) is 0 Å². The zero-order valence-electron chi connectivity index (χ0n) is 5.21. The highest BCUT2D eigenvalue weighted by atomic mass is 79.9. The lowest BCUT2D eigenvalue weighted by Crippen LogP contribution is -1.86. The van der Waals surface area contributed by atoms with Crippen molar-refractivity contribution < 1.29 is 8.78 Å². The van der Waals surface area contributed by atoms with E-state index in [0.29, 0.717) is 5.56 Å². The fourth-order valence-corrected chi connectivity index (χ4v) is 0.979. The Bertz CT molecular complexity index is 208. The van der Waals surface area contributed by atoms with Gasteiger partial charge in [0.2, 0.25) is 0 Å². The molecule has 1 rings (SSSR count). The maximum absolute atomic E-state index is 12.5. The van der Waals surface area contributed by atoms with Gasteiger partial charge < -0.3 is 0 Å². The van der Waals surface area contributed by atoms with Crippen LogP contribution in [-0.4, -0.2) is 0 Å². The van der Waals surface area contributed by atoms with Crippen LogP contribution in [0.3, 0.4) is 0 Å². The monoisotopic (exact) mass is 205 g/mol. The quantitative estimate of drug-likeness (QED) is 0.572. The van der Waals surface area contributed by atoms with Crippen LogP contribution in [0.2, 0.25) is 0 Å². The molecular weight excluding hydrogens is 202 g/mol. The Balaban J connectivity index is 3.28. The van der Waals surface area contributed by atoms with Gasteiger partial charge in [-0.15, -0.1) is 0 Å². The van der Waals surface area contributed by atoms with Gasteiger partial charge in [0.05, 0.1) is 4.47 Å². The van der Waals surface area contributed by atoms with E-state index in [-0.39, 0.29) is 4.47 Å². The van der Waals surface area contributed by atoms with E-state index in [4.69, 9.17) is 0 Å². The van der Waals surface area contributed by atoms with Crippen LogP contribution >= 0.6 is 15.9 Å². The molecule has 0 saturated heterocycles.